The van der Waals surface area contributed by atoms with E-state index in [0.717, 1.165) is 5.56 Å². The largest absolute Gasteiger partial charge is 0.507 e. The van der Waals surface area contributed by atoms with Gasteiger partial charge in [0.1, 0.15) is 11.5 Å². The first-order valence-electron chi connectivity index (χ1n) is 9.56. The summed E-state index contributed by atoms with van der Waals surface area (Å²) in [5.74, 6) is -0.917. The molecule has 0 spiro atoms. The molecule has 6 nitrogen and oxygen atoms in total. The Hall–Kier alpha value is -2.83. The first-order valence-corrected chi connectivity index (χ1v) is 9.94. The molecule has 1 aliphatic rings. The first kappa shape index (κ1) is 21.9. The van der Waals surface area contributed by atoms with Crippen molar-refractivity contribution in [1.29, 1.82) is 0 Å². The van der Waals surface area contributed by atoms with E-state index in [4.69, 9.17) is 21.1 Å². The number of halogens is 1. The van der Waals surface area contributed by atoms with Crippen LogP contribution in [0.5, 0.6) is 5.75 Å². The number of aliphatic hydroxyl groups excluding tert-OH is 1. The lowest BCUT2D eigenvalue weighted by atomic mass is 9.94. The fraction of sp³-hybridized carbons (Fsp3) is 0.304. The molecule has 3 rings (SSSR count). The maximum Gasteiger partial charge on any atom is 0.295 e. The van der Waals surface area contributed by atoms with E-state index in [1.54, 1.807) is 56.7 Å². The van der Waals surface area contributed by atoms with Gasteiger partial charge in [0.2, 0.25) is 0 Å². The fourth-order valence-corrected chi connectivity index (χ4v) is 3.78. The number of amides is 1. The maximum atomic E-state index is 13.0. The highest BCUT2D eigenvalue weighted by Crippen LogP contribution is 2.40. The number of methoxy groups -OCH3 is 2. The Balaban J connectivity index is 2.13. The van der Waals surface area contributed by atoms with Crippen molar-refractivity contribution in [1.82, 2.24) is 4.90 Å². The SMILES string of the molecule is COCCCN1C(=O)C(=O)C(=C(O)c2ccc(OC)cc2C)[C@H]1c1ccc(Cl)cc1. The summed E-state index contributed by atoms with van der Waals surface area (Å²) in [6, 6.07) is 11.4. The number of Topliss-reactive ketones (excluding diaryl/α,β-unsaturated/α-hetero) is 1. The topological polar surface area (TPSA) is 76.1 Å². The van der Waals surface area contributed by atoms with Crippen LogP contribution in [0.2, 0.25) is 5.02 Å². The van der Waals surface area contributed by atoms with Crippen LogP contribution in [-0.2, 0) is 14.3 Å². The van der Waals surface area contributed by atoms with Gasteiger partial charge in [0.15, 0.2) is 0 Å². The second-order valence-electron chi connectivity index (χ2n) is 7.07. The summed E-state index contributed by atoms with van der Waals surface area (Å²) in [6.45, 7) is 2.58. The number of hydrogen-bond acceptors (Lipinski definition) is 5. The molecule has 1 aliphatic heterocycles. The summed E-state index contributed by atoms with van der Waals surface area (Å²) in [7, 11) is 3.14. The van der Waals surface area contributed by atoms with Crippen molar-refractivity contribution in [3.63, 3.8) is 0 Å². The van der Waals surface area contributed by atoms with Crippen LogP contribution in [0, 0.1) is 6.92 Å². The van der Waals surface area contributed by atoms with Crippen LogP contribution < -0.4 is 4.74 Å². The Kier molecular flexibility index (Phi) is 6.80. The number of benzene rings is 2. The summed E-state index contributed by atoms with van der Waals surface area (Å²) >= 11 is 6.02. The van der Waals surface area contributed by atoms with Gasteiger partial charge in [-0.3, -0.25) is 9.59 Å². The lowest BCUT2D eigenvalue weighted by Gasteiger charge is -2.25. The number of aliphatic hydroxyl groups is 1. The van der Waals surface area contributed by atoms with Crippen molar-refractivity contribution in [3.8, 4) is 5.75 Å². The number of rotatable bonds is 7. The molecule has 7 heteroatoms. The molecule has 1 heterocycles. The highest BCUT2D eigenvalue weighted by Gasteiger charge is 2.45. The minimum absolute atomic E-state index is 0.0630. The smallest absolute Gasteiger partial charge is 0.295 e. The molecular weight excluding hydrogens is 406 g/mol. The Morgan fingerprint density at radius 3 is 2.43 bits per heavy atom. The molecular formula is C23H24ClNO5. The average Bonchev–Trinajstić information content (AvgIpc) is 2.99. The Bertz CT molecular complexity index is 984. The standard InChI is InChI=1S/C23H24ClNO5/c1-14-13-17(30-3)9-10-18(14)21(26)19-20(15-5-7-16(24)8-6-15)25(11-4-12-29-2)23(28)22(19)27/h5-10,13,20,26H,4,11-12H2,1-3H3/t20-/m1/s1. The van der Waals surface area contributed by atoms with Gasteiger partial charge in [-0.15, -0.1) is 0 Å². The van der Waals surface area contributed by atoms with E-state index >= 15 is 0 Å². The maximum absolute atomic E-state index is 13.0. The van der Waals surface area contributed by atoms with Gasteiger partial charge in [-0.1, -0.05) is 23.7 Å². The summed E-state index contributed by atoms with van der Waals surface area (Å²) in [5, 5.41) is 11.7. The van der Waals surface area contributed by atoms with Crippen molar-refractivity contribution in [3.05, 3.63) is 69.8 Å². The first-order chi connectivity index (χ1) is 14.4. The second kappa shape index (κ2) is 9.32. The monoisotopic (exact) mass is 429 g/mol. The molecule has 1 fully saturated rings. The number of nitrogens with zero attached hydrogens (tertiary/aromatic N) is 1. The van der Waals surface area contributed by atoms with Crippen LogP contribution in [0.25, 0.3) is 5.76 Å². The van der Waals surface area contributed by atoms with Gasteiger partial charge in [-0.05, 0) is 54.8 Å². The summed E-state index contributed by atoms with van der Waals surface area (Å²) in [6.07, 6.45) is 0.565. The van der Waals surface area contributed by atoms with Crippen LogP contribution in [0.1, 0.15) is 29.2 Å². The minimum atomic E-state index is -0.708. The third-order valence-electron chi connectivity index (χ3n) is 5.16. The second-order valence-corrected chi connectivity index (χ2v) is 7.51. The lowest BCUT2D eigenvalue weighted by Crippen LogP contribution is -2.31. The van der Waals surface area contributed by atoms with Crippen LogP contribution in [0.4, 0.5) is 0 Å². The Morgan fingerprint density at radius 2 is 1.83 bits per heavy atom. The molecule has 158 valence electrons. The van der Waals surface area contributed by atoms with E-state index < -0.39 is 17.7 Å². The number of ether oxygens (including phenoxy) is 2. The van der Waals surface area contributed by atoms with Crippen LogP contribution in [0.3, 0.4) is 0 Å². The van der Waals surface area contributed by atoms with Crippen LogP contribution in [-0.4, -0.2) is 49.1 Å². The number of carbonyl (C=O) groups is 2. The van der Waals surface area contributed by atoms with Gasteiger partial charge in [0.25, 0.3) is 11.7 Å². The Labute approximate surface area is 180 Å². The zero-order chi connectivity index (χ0) is 21.8. The van der Waals surface area contributed by atoms with Gasteiger partial charge in [-0.25, -0.2) is 0 Å². The molecule has 1 N–H and O–H groups in total. The molecule has 0 saturated carbocycles. The van der Waals surface area contributed by atoms with E-state index in [9.17, 15) is 14.7 Å². The molecule has 1 saturated heterocycles. The molecule has 30 heavy (non-hydrogen) atoms. The highest BCUT2D eigenvalue weighted by molar-refractivity contribution is 6.46. The Morgan fingerprint density at radius 1 is 1.13 bits per heavy atom. The van der Waals surface area contributed by atoms with Crippen molar-refractivity contribution in [2.24, 2.45) is 0 Å². The van der Waals surface area contributed by atoms with E-state index in [1.807, 2.05) is 6.92 Å². The average molecular weight is 430 g/mol. The van der Waals surface area contributed by atoms with Crippen LogP contribution >= 0.6 is 11.6 Å². The number of ketones is 1. The molecule has 0 bridgehead atoms. The van der Waals surface area contributed by atoms with Crippen molar-refractivity contribution < 1.29 is 24.2 Å². The quantitative estimate of drug-likeness (QED) is 0.310. The summed E-state index contributed by atoms with van der Waals surface area (Å²) < 4.78 is 10.3. The zero-order valence-corrected chi connectivity index (χ0v) is 17.9. The molecule has 2 aromatic rings. The van der Waals surface area contributed by atoms with Gasteiger partial charge in [0, 0.05) is 30.8 Å². The van der Waals surface area contributed by atoms with Gasteiger partial charge >= 0.3 is 0 Å². The molecule has 1 atom stereocenters. The normalized spacial score (nSPS) is 18.1. The van der Waals surface area contributed by atoms with Gasteiger partial charge < -0.3 is 19.5 Å². The molecule has 2 aromatic carbocycles. The van der Waals surface area contributed by atoms with E-state index in [0.29, 0.717) is 41.5 Å². The molecule has 1 amide bonds. The summed E-state index contributed by atoms with van der Waals surface area (Å²) in [5.41, 5.74) is 1.97. The van der Waals surface area contributed by atoms with E-state index in [-0.39, 0.29) is 11.3 Å². The zero-order valence-electron chi connectivity index (χ0n) is 17.1. The molecule has 0 radical (unpaired) electrons. The fourth-order valence-electron chi connectivity index (χ4n) is 3.66. The van der Waals surface area contributed by atoms with Crippen molar-refractivity contribution in [2.45, 2.75) is 19.4 Å². The molecule has 0 aromatic heterocycles. The molecule has 0 aliphatic carbocycles. The number of hydrogen-bond donors (Lipinski definition) is 1. The van der Waals surface area contributed by atoms with Crippen molar-refractivity contribution >= 4 is 29.1 Å². The van der Waals surface area contributed by atoms with E-state index in [1.165, 1.54) is 4.90 Å². The number of carbonyl (C=O) groups excluding carboxylic acids is 2. The predicted molar refractivity (Wildman–Crippen MR) is 115 cm³/mol. The highest BCUT2D eigenvalue weighted by atomic mass is 35.5. The van der Waals surface area contributed by atoms with Gasteiger partial charge in [-0.2, -0.15) is 0 Å². The summed E-state index contributed by atoms with van der Waals surface area (Å²) in [4.78, 5) is 27.3. The van der Waals surface area contributed by atoms with Crippen molar-refractivity contribution in [2.75, 3.05) is 27.4 Å². The third kappa shape index (κ3) is 4.20. The number of aryl methyl sites for hydroxylation is 1. The van der Waals surface area contributed by atoms with E-state index in [2.05, 4.69) is 0 Å². The van der Waals surface area contributed by atoms with Gasteiger partial charge in [0.05, 0.1) is 18.7 Å². The minimum Gasteiger partial charge on any atom is -0.507 e. The third-order valence-corrected chi connectivity index (χ3v) is 5.41. The predicted octanol–water partition coefficient (Wildman–Crippen LogP) is 4.12. The molecule has 0 unspecified atom stereocenters. The number of likely N-dealkylation sites (tertiary alicyclic amines) is 1. The lowest BCUT2D eigenvalue weighted by molar-refractivity contribution is -0.140. The van der Waals surface area contributed by atoms with Crippen LogP contribution in [0.15, 0.2) is 48.0 Å².